The van der Waals surface area contributed by atoms with Gasteiger partial charge in [-0.05, 0) is 0 Å². The summed E-state index contributed by atoms with van der Waals surface area (Å²) in [6.45, 7) is 2.81. The zero-order valence-electron chi connectivity index (χ0n) is 9.91. The van der Waals surface area contributed by atoms with E-state index in [0.717, 1.165) is 0 Å². The van der Waals surface area contributed by atoms with E-state index in [1.54, 1.807) is 32.0 Å². The number of rotatable bonds is 4. The van der Waals surface area contributed by atoms with Gasteiger partial charge in [0.05, 0.1) is 0 Å². The quantitative estimate of drug-likeness (QED) is 0.488. The molecule has 1 rings (SSSR count). The van der Waals surface area contributed by atoms with Gasteiger partial charge >= 0.3 is 99.5 Å². The van der Waals surface area contributed by atoms with E-state index in [1.165, 1.54) is 0 Å². The van der Waals surface area contributed by atoms with Crippen molar-refractivity contribution in [3.8, 4) is 0 Å². The van der Waals surface area contributed by atoms with Crippen molar-refractivity contribution in [1.82, 2.24) is 0 Å². The Morgan fingerprint density at radius 2 is 1.59 bits per heavy atom. The number of aryl methyl sites for hydroxylation is 2. The van der Waals surface area contributed by atoms with Crippen LogP contribution in [0.25, 0.3) is 0 Å². The van der Waals surface area contributed by atoms with Crippen molar-refractivity contribution in [3.05, 3.63) is 29.3 Å². The predicted molar refractivity (Wildman–Crippen MR) is 66.8 cm³/mol. The van der Waals surface area contributed by atoms with Crippen LogP contribution in [0.15, 0.2) is 18.2 Å². The molecular formula is C11H19O5P. The van der Waals surface area contributed by atoms with Crippen LogP contribution in [0.5, 0.6) is 0 Å². The Morgan fingerprint density at radius 1 is 1.12 bits per heavy atom. The Hall–Kier alpha value is -0.550. The average molecular weight is 262 g/mol. The zero-order valence-corrected chi connectivity index (χ0v) is 10.8. The monoisotopic (exact) mass is 262 g/mol. The topological polar surface area (TPSA) is 101 Å². The van der Waals surface area contributed by atoms with Crippen molar-refractivity contribution < 1.29 is 24.9 Å². The first-order valence-corrected chi connectivity index (χ1v) is 7.47. The van der Waals surface area contributed by atoms with E-state index < -0.39 is 19.7 Å². The van der Waals surface area contributed by atoms with Crippen LogP contribution in [0.1, 0.15) is 17.5 Å². The fourth-order valence-electron chi connectivity index (χ4n) is 1.98. The van der Waals surface area contributed by atoms with Crippen molar-refractivity contribution >= 4 is 12.6 Å². The number of hydrogen-bond acceptors (Lipinski definition) is 5. The van der Waals surface area contributed by atoms with Gasteiger partial charge in [-0.15, -0.1) is 0 Å². The third-order valence-electron chi connectivity index (χ3n) is 2.80. The standard InChI is InChI=1S/C11H19O5P/c1-8-4-3-5-9(2)11(8)17(14,15,16)10(13)6-7-12/h3-5,10,12-16H,6-7H2,1-2H3. The molecule has 0 heterocycles. The summed E-state index contributed by atoms with van der Waals surface area (Å²) in [5.74, 6) is -1.77. The fourth-order valence-corrected chi connectivity index (χ4v) is 4.38. The van der Waals surface area contributed by atoms with E-state index >= 15 is 0 Å². The molecule has 0 aliphatic carbocycles. The summed E-state index contributed by atoms with van der Waals surface area (Å²) in [6, 6.07) is 4.97. The van der Waals surface area contributed by atoms with Gasteiger partial charge in [0.2, 0.25) is 0 Å². The van der Waals surface area contributed by atoms with Crippen LogP contribution in [0.4, 0.5) is 0 Å². The molecule has 0 aliphatic heterocycles. The summed E-state index contributed by atoms with van der Waals surface area (Å²) in [5, 5.41) is 18.4. The second-order valence-electron chi connectivity index (χ2n) is 4.28. The first-order chi connectivity index (χ1) is 7.69. The van der Waals surface area contributed by atoms with Gasteiger partial charge in [0.25, 0.3) is 0 Å². The summed E-state index contributed by atoms with van der Waals surface area (Å²) >= 11 is 0. The normalized spacial score (nSPS) is 16.3. The molecule has 1 aromatic rings. The molecule has 98 valence electrons. The van der Waals surface area contributed by atoms with Crippen LogP contribution in [-0.4, -0.2) is 37.3 Å². The molecule has 5 nitrogen and oxygen atoms in total. The van der Waals surface area contributed by atoms with Crippen LogP contribution in [-0.2, 0) is 0 Å². The van der Waals surface area contributed by atoms with E-state index in [0.29, 0.717) is 11.1 Å². The van der Waals surface area contributed by atoms with Gasteiger partial charge in [-0.3, -0.25) is 0 Å². The Bertz CT molecular complexity index is 390. The van der Waals surface area contributed by atoms with E-state index in [2.05, 4.69) is 0 Å². The number of aliphatic hydroxyl groups excluding tert-OH is 2. The van der Waals surface area contributed by atoms with Gasteiger partial charge in [-0.1, -0.05) is 0 Å². The van der Waals surface area contributed by atoms with Gasteiger partial charge in [0, 0.05) is 0 Å². The molecule has 0 radical (unpaired) electrons. The van der Waals surface area contributed by atoms with Crippen LogP contribution in [0, 0.1) is 13.8 Å². The van der Waals surface area contributed by atoms with Crippen molar-refractivity contribution in [1.29, 1.82) is 0 Å². The molecule has 17 heavy (non-hydrogen) atoms. The number of hydrogen-bond donors (Lipinski definition) is 5. The SMILES string of the molecule is Cc1cccc(C)c1P(O)(O)(O)C(O)CCO. The van der Waals surface area contributed by atoms with Gasteiger partial charge in [0.1, 0.15) is 0 Å². The Kier molecular flexibility index (Phi) is 3.94. The molecule has 0 fully saturated rings. The molecule has 1 unspecified atom stereocenters. The molecular weight excluding hydrogens is 243 g/mol. The van der Waals surface area contributed by atoms with Crippen molar-refractivity contribution in [2.45, 2.75) is 26.1 Å². The second-order valence-corrected chi connectivity index (χ2v) is 7.41. The number of aliphatic hydroxyl groups is 2. The molecule has 5 N–H and O–H groups in total. The molecule has 0 bridgehead atoms. The third-order valence-corrected chi connectivity index (χ3v) is 5.72. The van der Waals surface area contributed by atoms with Crippen LogP contribution >= 0.6 is 7.28 Å². The Labute approximate surface area is 100 Å². The molecule has 0 aliphatic rings. The number of benzene rings is 1. The minimum atomic E-state index is -5.38. The van der Waals surface area contributed by atoms with Crippen LogP contribution < -0.4 is 5.30 Å². The molecule has 0 amide bonds. The van der Waals surface area contributed by atoms with Crippen molar-refractivity contribution in [3.63, 3.8) is 0 Å². The fraction of sp³-hybridized carbons (Fsp3) is 0.455. The Morgan fingerprint density at radius 3 is 2.00 bits per heavy atom. The van der Waals surface area contributed by atoms with Gasteiger partial charge < -0.3 is 0 Å². The summed E-state index contributed by atoms with van der Waals surface area (Å²) in [5.41, 5.74) is 0.985. The van der Waals surface area contributed by atoms with Crippen LogP contribution in [0.3, 0.4) is 0 Å². The first kappa shape index (κ1) is 14.5. The molecule has 0 saturated heterocycles. The van der Waals surface area contributed by atoms with Gasteiger partial charge in [-0.25, -0.2) is 0 Å². The second kappa shape index (κ2) is 4.61. The van der Waals surface area contributed by atoms with Crippen LogP contribution in [0.2, 0.25) is 0 Å². The third kappa shape index (κ3) is 2.65. The molecule has 1 atom stereocenters. The Balaban J connectivity index is 3.37. The van der Waals surface area contributed by atoms with Gasteiger partial charge in [0.15, 0.2) is 0 Å². The molecule has 0 spiro atoms. The van der Waals surface area contributed by atoms with E-state index in [-0.39, 0.29) is 11.7 Å². The average Bonchev–Trinajstić information content (AvgIpc) is 2.16. The van der Waals surface area contributed by atoms with E-state index in [1.807, 2.05) is 0 Å². The predicted octanol–water partition coefficient (Wildman–Crippen LogP) is -0.0953. The summed E-state index contributed by atoms with van der Waals surface area (Å²) < 4.78 is 0. The summed E-state index contributed by atoms with van der Waals surface area (Å²) in [4.78, 5) is 30.3. The minimum absolute atomic E-state index is 0.0283. The first-order valence-electron chi connectivity index (χ1n) is 5.31. The maximum atomic E-state index is 10.1. The maximum absolute atomic E-state index is 10.1. The molecule has 1 aromatic carbocycles. The van der Waals surface area contributed by atoms with Crippen molar-refractivity contribution in [2.75, 3.05) is 6.61 Å². The summed E-state index contributed by atoms with van der Waals surface area (Å²) in [6.07, 6.45) is -0.297. The van der Waals surface area contributed by atoms with E-state index in [9.17, 15) is 19.8 Å². The van der Waals surface area contributed by atoms with E-state index in [4.69, 9.17) is 5.11 Å². The zero-order chi connectivity index (χ0) is 13.3. The summed E-state index contributed by atoms with van der Waals surface area (Å²) in [7, 11) is -5.38. The van der Waals surface area contributed by atoms with Gasteiger partial charge in [-0.2, -0.15) is 0 Å². The molecule has 0 aromatic heterocycles. The van der Waals surface area contributed by atoms with Crippen molar-refractivity contribution in [2.24, 2.45) is 0 Å². The molecule has 6 heteroatoms. The molecule has 0 saturated carbocycles.